The fourth-order valence-corrected chi connectivity index (χ4v) is 4.07. The average Bonchev–Trinajstić information content (AvgIpc) is 2.79. The summed E-state index contributed by atoms with van der Waals surface area (Å²) in [5, 5.41) is 18.5. The van der Waals surface area contributed by atoms with Gasteiger partial charge >= 0.3 is 5.69 Å². The number of halogens is 1. The van der Waals surface area contributed by atoms with Crippen molar-refractivity contribution in [1.29, 1.82) is 0 Å². The van der Waals surface area contributed by atoms with Gasteiger partial charge in [0.25, 0.3) is 11.5 Å². The summed E-state index contributed by atoms with van der Waals surface area (Å²) in [7, 11) is 0. The molecule has 9 heteroatoms. The summed E-state index contributed by atoms with van der Waals surface area (Å²) in [4.78, 5) is 38.9. The molecule has 0 radical (unpaired) electrons. The van der Waals surface area contributed by atoms with Crippen molar-refractivity contribution in [3.8, 4) is 0 Å². The van der Waals surface area contributed by atoms with E-state index in [-0.39, 0.29) is 17.3 Å². The Hall–Kier alpha value is -3.30. The summed E-state index contributed by atoms with van der Waals surface area (Å²) in [5.74, 6) is -1.03. The van der Waals surface area contributed by atoms with Crippen molar-refractivity contribution in [2.45, 2.75) is 32.4 Å². The fourth-order valence-electron chi connectivity index (χ4n) is 4.07. The maximum atomic E-state index is 13.1. The molecule has 1 atom stereocenters. The van der Waals surface area contributed by atoms with Crippen LogP contribution in [0, 0.1) is 11.7 Å². The summed E-state index contributed by atoms with van der Waals surface area (Å²) in [5.41, 5.74) is 0.620. The SMILES string of the molecule is CC(=O)O.O=c1[nH]c2ccccc2c(=O)n1CCN1CCC(C(O)c2ccc(F)cc2)CC1. The van der Waals surface area contributed by atoms with Crippen LogP contribution < -0.4 is 11.2 Å². The Labute approximate surface area is 189 Å². The number of nitrogens with zero attached hydrogens (tertiary/aromatic N) is 2. The number of carbonyl (C=O) groups is 1. The molecule has 1 saturated heterocycles. The smallest absolute Gasteiger partial charge is 0.328 e. The molecule has 0 bridgehead atoms. The molecule has 3 aromatic rings. The van der Waals surface area contributed by atoms with Crippen molar-refractivity contribution in [1.82, 2.24) is 14.5 Å². The van der Waals surface area contributed by atoms with Crippen LogP contribution in [0.1, 0.15) is 31.4 Å². The Bertz CT molecular complexity index is 1190. The van der Waals surface area contributed by atoms with Crippen LogP contribution in [0.3, 0.4) is 0 Å². The molecular weight excluding hydrogens is 429 g/mol. The monoisotopic (exact) mass is 457 g/mol. The van der Waals surface area contributed by atoms with Gasteiger partial charge in [-0.1, -0.05) is 24.3 Å². The first-order valence-corrected chi connectivity index (χ1v) is 10.8. The zero-order valence-corrected chi connectivity index (χ0v) is 18.4. The summed E-state index contributed by atoms with van der Waals surface area (Å²) < 4.78 is 14.3. The van der Waals surface area contributed by atoms with E-state index in [0.29, 0.717) is 24.0 Å². The van der Waals surface area contributed by atoms with Crippen molar-refractivity contribution in [3.63, 3.8) is 0 Å². The van der Waals surface area contributed by atoms with Crippen LogP contribution in [-0.2, 0) is 11.3 Å². The summed E-state index contributed by atoms with van der Waals surface area (Å²) >= 11 is 0. The molecule has 2 heterocycles. The Balaban J connectivity index is 0.000000709. The maximum absolute atomic E-state index is 13.1. The van der Waals surface area contributed by atoms with Gasteiger partial charge in [0.2, 0.25) is 0 Å². The van der Waals surface area contributed by atoms with E-state index < -0.39 is 17.8 Å². The highest BCUT2D eigenvalue weighted by molar-refractivity contribution is 5.76. The number of aliphatic hydroxyl groups is 1. The lowest BCUT2D eigenvalue weighted by Gasteiger charge is -2.34. The number of fused-ring (bicyclic) bond motifs is 1. The Kier molecular flexibility index (Phi) is 8.13. The molecule has 1 aliphatic heterocycles. The minimum absolute atomic E-state index is 0.114. The van der Waals surface area contributed by atoms with E-state index in [1.807, 2.05) is 0 Å². The van der Waals surface area contributed by atoms with Gasteiger partial charge < -0.3 is 20.1 Å². The number of benzene rings is 2. The number of carboxylic acid groups (broad SMARTS) is 1. The van der Waals surface area contributed by atoms with E-state index in [2.05, 4.69) is 9.88 Å². The predicted octanol–water partition coefficient (Wildman–Crippen LogP) is 2.37. The number of aromatic nitrogens is 2. The molecule has 8 nitrogen and oxygen atoms in total. The van der Waals surface area contributed by atoms with Crippen LogP contribution >= 0.6 is 0 Å². The molecule has 0 spiro atoms. The molecule has 1 aliphatic rings. The quantitative estimate of drug-likeness (QED) is 0.542. The normalized spacial score (nSPS) is 15.6. The highest BCUT2D eigenvalue weighted by Crippen LogP contribution is 2.30. The summed E-state index contributed by atoms with van der Waals surface area (Å²) in [6.07, 6.45) is 1.01. The van der Waals surface area contributed by atoms with Crippen LogP contribution in [0.15, 0.2) is 58.1 Å². The number of aliphatic carboxylic acids is 1. The number of H-pyrrole nitrogens is 1. The van der Waals surface area contributed by atoms with Gasteiger partial charge in [-0.05, 0) is 61.7 Å². The van der Waals surface area contributed by atoms with E-state index in [1.165, 1.54) is 16.7 Å². The number of piperidine rings is 1. The molecule has 3 N–H and O–H groups in total. The van der Waals surface area contributed by atoms with Crippen LogP contribution in [0.4, 0.5) is 4.39 Å². The molecule has 2 aromatic carbocycles. The van der Waals surface area contributed by atoms with Gasteiger partial charge in [0.15, 0.2) is 0 Å². The second kappa shape index (κ2) is 11.0. The second-order valence-corrected chi connectivity index (χ2v) is 8.13. The minimum atomic E-state index is -0.833. The molecular formula is C24H28FN3O5. The zero-order valence-electron chi connectivity index (χ0n) is 18.4. The number of hydrogen-bond donors (Lipinski definition) is 3. The number of nitrogens with one attached hydrogen (secondary N) is 1. The predicted molar refractivity (Wildman–Crippen MR) is 123 cm³/mol. The zero-order chi connectivity index (χ0) is 24.0. The topological polar surface area (TPSA) is 116 Å². The lowest BCUT2D eigenvalue weighted by atomic mass is 9.87. The highest BCUT2D eigenvalue weighted by atomic mass is 19.1. The van der Waals surface area contributed by atoms with Crippen molar-refractivity contribution < 1.29 is 19.4 Å². The first kappa shape index (κ1) is 24.3. The third-order valence-corrected chi connectivity index (χ3v) is 5.82. The first-order chi connectivity index (χ1) is 15.8. The summed E-state index contributed by atoms with van der Waals surface area (Å²) in [6, 6.07) is 13.0. The third kappa shape index (κ3) is 6.36. The fraction of sp³-hybridized carbons (Fsp3) is 0.375. The second-order valence-electron chi connectivity index (χ2n) is 8.13. The van der Waals surface area contributed by atoms with Crippen molar-refractivity contribution in [3.05, 3.63) is 80.7 Å². The van der Waals surface area contributed by atoms with Crippen LogP contribution in [0.25, 0.3) is 10.9 Å². The van der Waals surface area contributed by atoms with E-state index in [0.717, 1.165) is 38.4 Å². The number of hydrogen-bond acceptors (Lipinski definition) is 5. The van der Waals surface area contributed by atoms with Crippen molar-refractivity contribution in [2.75, 3.05) is 19.6 Å². The Morgan fingerprint density at radius 1 is 1.09 bits per heavy atom. The molecule has 1 fully saturated rings. The lowest BCUT2D eigenvalue weighted by Crippen LogP contribution is -2.42. The van der Waals surface area contributed by atoms with Gasteiger partial charge in [-0.25, -0.2) is 9.18 Å². The first-order valence-electron chi connectivity index (χ1n) is 10.8. The molecule has 0 amide bonds. The molecule has 0 aliphatic carbocycles. The number of para-hydroxylation sites is 1. The molecule has 176 valence electrons. The lowest BCUT2D eigenvalue weighted by molar-refractivity contribution is -0.134. The van der Waals surface area contributed by atoms with E-state index in [9.17, 15) is 19.1 Å². The molecule has 0 saturated carbocycles. The van der Waals surface area contributed by atoms with Crippen molar-refractivity contribution >= 4 is 16.9 Å². The highest BCUT2D eigenvalue weighted by Gasteiger charge is 2.26. The van der Waals surface area contributed by atoms with Gasteiger partial charge in [0.1, 0.15) is 5.82 Å². The van der Waals surface area contributed by atoms with Gasteiger partial charge in [-0.3, -0.25) is 14.2 Å². The molecule has 1 aromatic heterocycles. The average molecular weight is 458 g/mol. The number of aliphatic hydroxyl groups excluding tert-OH is 1. The van der Waals surface area contributed by atoms with Crippen LogP contribution in [0.2, 0.25) is 0 Å². The number of carboxylic acids is 1. The van der Waals surface area contributed by atoms with Gasteiger partial charge in [-0.15, -0.1) is 0 Å². The third-order valence-electron chi connectivity index (χ3n) is 5.82. The maximum Gasteiger partial charge on any atom is 0.328 e. The molecule has 4 rings (SSSR count). The van der Waals surface area contributed by atoms with E-state index in [4.69, 9.17) is 9.90 Å². The van der Waals surface area contributed by atoms with Crippen molar-refractivity contribution in [2.24, 2.45) is 5.92 Å². The minimum Gasteiger partial charge on any atom is -0.481 e. The summed E-state index contributed by atoms with van der Waals surface area (Å²) in [6.45, 7) is 3.57. The molecule has 33 heavy (non-hydrogen) atoms. The Morgan fingerprint density at radius 2 is 1.70 bits per heavy atom. The van der Waals surface area contributed by atoms with Crippen LogP contribution in [-0.4, -0.2) is 50.3 Å². The molecule has 1 unspecified atom stereocenters. The number of likely N-dealkylation sites (tertiary alicyclic amines) is 1. The van der Waals surface area contributed by atoms with Crippen LogP contribution in [0.5, 0.6) is 0 Å². The van der Waals surface area contributed by atoms with E-state index >= 15 is 0 Å². The number of rotatable bonds is 5. The largest absolute Gasteiger partial charge is 0.481 e. The van der Waals surface area contributed by atoms with Gasteiger partial charge in [0.05, 0.1) is 17.0 Å². The van der Waals surface area contributed by atoms with Gasteiger partial charge in [0, 0.05) is 20.0 Å². The van der Waals surface area contributed by atoms with E-state index in [1.54, 1.807) is 36.4 Å². The standard InChI is InChI=1S/C22H24FN3O3.C2H4O2/c23-17-7-5-15(6-8-17)20(27)16-9-11-25(12-10-16)13-14-26-21(28)18-3-1-2-4-19(18)24-22(26)29;1-2(3)4/h1-8,16,20,27H,9-14H2,(H,24,29);1H3,(H,3,4). The number of aromatic amines is 1. The Morgan fingerprint density at radius 3 is 2.33 bits per heavy atom. The van der Waals surface area contributed by atoms with Gasteiger partial charge in [-0.2, -0.15) is 0 Å².